The first-order chi connectivity index (χ1) is 6.59. The van der Waals surface area contributed by atoms with Crippen molar-refractivity contribution in [3.63, 3.8) is 0 Å². The second-order valence-corrected chi connectivity index (χ2v) is 3.77. The van der Waals surface area contributed by atoms with Crippen LogP contribution < -0.4 is 5.35 Å². The summed E-state index contributed by atoms with van der Waals surface area (Å²) >= 11 is 0. The molecule has 70 valence electrons. The molecule has 0 aliphatic rings. The van der Waals surface area contributed by atoms with Gasteiger partial charge in [-0.3, -0.25) is 0 Å². The van der Waals surface area contributed by atoms with E-state index in [0.29, 0.717) is 5.92 Å². The number of hydrogen-bond donors (Lipinski definition) is 1. The van der Waals surface area contributed by atoms with Gasteiger partial charge in [0, 0.05) is 0 Å². The van der Waals surface area contributed by atoms with Gasteiger partial charge in [0.15, 0.2) is 0 Å². The van der Waals surface area contributed by atoms with E-state index in [9.17, 15) is 0 Å². The molecule has 2 heterocycles. The number of nitrogens with zero attached hydrogens (tertiary/aromatic N) is 2. The first-order valence-corrected chi connectivity index (χ1v) is 4.63. The Balaban J connectivity index is 2.80. The molecule has 0 saturated carbocycles. The van der Waals surface area contributed by atoms with Crippen molar-refractivity contribution in [2.45, 2.75) is 19.8 Å². The van der Waals surface area contributed by atoms with E-state index in [1.54, 1.807) is 0 Å². The topological polar surface area (TPSA) is 41.6 Å². The van der Waals surface area contributed by atoms with Gasteiger partial charge in [-0.15, -0.1) is 0 Å². The van der Waals surface area contributed by atoms with Crippen molar-refractivity contribution >= 4 is 25.1 Å². The SMILES string of the molecule is B=c1c(=C)[nH]c2cc(C(C)C)nnc12. The summed E-state index contributed by atoms with van der Waals surface area (Å²) in [5.74, 6) is 0.386. The van der Waals surface area contributed by atoms with E-state index in [1.165, 1.54) is 0 Å². The first kappa shape index (κ1) is 9.12. The second kappa shape index (κ2) is 3.05. The average Bonchev–Trinajstić information content (AvgIpc) is 2.42. The molecule has 0 radical (unpaired) electrons. The molecule has 2 rings (SSSR count). The van der Waals surface area contributed by atoms with Gasteiger partial charge in [0.2, 0.25) is 0 Å². The molecule has 2 aromatic heterocycles. The summed E-state index contributed by atoms with van der Waals surface area (Å²) in [6.07, 6.45) is 0. The van der Waals surface area contributed by atoms with Gasteiger partial charge in [0.05, 0.1) is 0 Å². The normalized spacial score (nSPS) is 11.3. The predicted octanol–water partition coefficient (Wildman–Crippen LogP) is 0.643. The van der Waals surface area contributed by atoms with E-state index in [1.807, 2.05) is 6.07 Å². The van der Waals surface area contributed by atoms with E-state index < -0.39 is 0 Å². The zero-order valence-corrected chi connectivity index (χ0v) is 8.46. The van der Waals surface area contributed by atoms with Crippen LogP contribution in [-0.4, -0.2) is 22.7 Å². The fourth-order valence-electron chi connectivity index (χ4n) is 1.39. The maximum absolute atomic E-state index is 4.14. The van der Waals surface area contributed by atoms with Crippen LogP contribution in [-0.2, 0) is 0 Å². The Morgan fingerprint density at radius 3 is 2.79 bits per heavy atom. The second-order valence-electron chi connectivity index (χ2n) is 3.77. The van der Waals surface area contributed by atoms with Crippen LogP contribution in [0.3, 0.4) is 0 Å². The van der Waals surface area contributed by atoms with Crippen molar-refractivity contribution in [1.29, 1.82) is 0 Å². The van der Waals surface area contributed by atoms with Gasteiger partial charge < -0.3 is 0 Å². The number of nitrogens with one attached hydrogen (secondary N) is 1. The predicted molar refractivity (Wildman–Crippen MR) is 59.1 cm³/mol. The molecule has 0 fully saturated rings. The number of aromatic amines is 1. The Hall–Kier alpha value is -1.45. The zero-order chi connectivity index (χ0) is 10.3. The first-order valence-electron chi connectivity index (χ1n) is 4.63. The Labute approximate surface area is 82.9 Å². The van der Waals surface area contributed by atoms with Gasteiger partial charge in [0.1, 0.15) is 0 Å². The third kappa shape index (κ3) is 1.27. The molecule has 3 nitrogen and oxygen atoms in total. The van der Waals surface area contributed by atoms with Crippen molar-refractivity contribution < 1.29 is 0 Å². The molecule has 0 amide bonds. The molecule has 14 heavy (non-hydrogen) atoms. The van der Waals surface area contributed by atoms with Gasteiger partial charge in [0.25, 0.3) is 0 Å². The molecule has 0 aliphatic carbocycles. The summed E-state index contributed by atoms with van der Waals surface area (Å²) in [4.78, 5) is 3.15. The molecule has 4 heteroatoms. The van der Waals surface area contributed by atoms with Crippen molar-refractivity contribution in [2.75, 3.05) is 0 Å². The van der Waals surface area contributed by atoms with Gasteiger partial charge in [-0.2, -0.15) is 0 Å². The molecule has 2 aromatic rings. The van der Waals surface area contributed by atoms with E-state index in [0.717, 1.165) is 27.2 Å². The zero-order valence-electron chi connectivity index (χ0n) is 8.46. The average molecular weight is 185 g/mol. The van der Waals surface area contributed by atoms with E-state index >= 15 is 0 Å². The molecular weight excluding hydrogens is 173 g/mol. The standard InChI is InChI=1S/C10H12BN3/c1-5(2)7-4-8-10(14-13-7)9(11)6(3)12-8/h4-5,11-12H,3H2,1-2H3. The van der Waals surface area contributed by atoms with Crippen LogP contribution in [0, 0.1) is 5.11 Å². The number of fused-ring (bicyclic) bond motifs is 1. The Morgan fingerprint density at radius 1 is 1.43 bits per heavy atom. The van der Waals surface area contributed by atoms with E-state index in [2.05, 4.69) is 43.1 Å². The minimum atomic E-state index is 0.386. The molecule has 0 spiro atoms. The molecule has 1 N–H and O–H groups in total. The maximum atomic E-state index is 4.14. The van der Waals surface area contributed by atoms with Crippen LogP contribution in [0.25, 0.3) is 17.6 Å². The summed E-state index contributed by atoms with van der Waals surface area (Å²) in [7, 11) is 3.89. The van der Waals surface area contributed by atoms with Crippen LogP contribution in [0.1, 0.15) is 25.5 Å². The van der Waals surface area contributed by atoms with E-state index in [4.69, 9.17) is 0 Å². The Kier molecular flexibility index (Phi) is 1.99. The molecule has 0 bridgehead atoms. The fraction of sp³-hybridized carbons (Fsp3) is 0.300. The van der Waals surface area contributed by atoms with Crippen LogP contribution >= 0.6 is 0 Å². The number of H-pyrrole nitrogens is 1. The number of rotatable bonds is 1. The summed E-state index contributed by atoms with van der Waals surface area (Å²) in [5, 5.41) is 9.93. The Bertz CT molecular complexity index is 571. The van der Waals surface area contributed by atoms with Crippen LogP contribution in [0.5, 0.6) is 0 Å². The van der Waals surface area contributed by atoms with E-state index in [-0.39, 0.29) is 0 Å². The summed E-state index contributed by atoms with van der Waals surface area (Å²) < 4.78 is 0. The molecule has 0 atom stereocenters. The monoisotopic (exact) mass is 185 g/mol. The van der Waals surface area contributed by atoms with Gasteiger partial charge >= 0.3 is 82.3 Å². The number of aromatic nitrogens is 3. The number of hydrogen-bond acceptors (Lipinski definition) is 2. The third-order valence-corrected chi connectivity index (χ3v) is 2.34. The molecule has 0 aliphatic heterocycles. The molecule has 0 unspecified atom stereocenters. The summed E-state index contributed by atoms with van der Waals surface area (Å²) in [6, 6.07) is 2.01. The quantitative estimate of drug-likeness (QED) is 0.662. The van der Waals surface area contributed by atoms with Crippen molar-refractivity contribution in [3.8, 4) is 0 Å². The van der Waals surface area contributed by atoms with Crippen molar-refractivity contribution in [2.24, 2.45) is 0 Å². The van der Waals surface area contributed by atoms with Gasteiger partial charge in [-0.05, 0) is 0 Å². The van der Waals surface area contributed by atoms with Crippen molar-refractivity contribution in [1.82, 2.24) is 15.2 Å². The summed E-state index contributed by atoms with van der Waals surface area (Å²) in [6.45, 7) is 8.03. The molecule has 0 aromatic carbocycles. The van der Waals surface area contributed by atoms with Crippen LogP contribution in [0.15, 0.2) is 6.07 Å². The third-order valence-electron chi connectivity index (χ3n) is 2.34. The van der Waals surface area contributed by atoms with Crippen LogP contribution in [0.4, 0.5) is 0 Å². The minimum absolute atomic E-state index is 0.386. The van der Waals surface area contributed by atoms with Crippen molar-refractivity contribution in [3.05, 3.63) is 22.2 Å². The molecule has 0 saturated heterocycles. The Morgan fingerprint density at radius 2 is 2.14 bits per heavy atom. The van der Waals surface area contributed by atoms with Gasteiger partial charge in [-0.25, -0.2) is 0 Å². The van der Waals surface area contributed by atoms with Gasteiger partial charge in [-0.1, -0.05) is 0 Å². The molecular formula is C10H12BN3. The summed E-state index contributed by atoms with van der Waals surface area (Å²) in [5.41, 5.74) is 2.77. The van der Waals surface area contributed by atoms with Crippen LogP contribution in [0.2, 0.25) is 0 Å². The fourth-order valence-corrected chi connectivity index (χ4v) is 1.39.